The molecule has 2 aromatic carbocycles. The van der Waals surface area contributed by atoms with Crippen LogP contribution >= 0.6 is 19.1 Å². The second-order valence-electron chi connectivity index (χ2n) is 7.59. The van der Waals surface area contributed by atoms with Gasteiger partial charge in [0.1, 0.15) is 0 Å². The molecule has 27 heavy (non-hydrogen) atoms. The summed E-state index contributed by atoms with van der Waals surface area (Å²) in [4.78, 5) is 23.0. The Morgan fingerprint density at radius 2 is 1.81 bits per heavy atom. The molecule has 1 aliphatic carbocycles. The number of hydrogen-bond acceptors (Lipinski definition) is 3. The summed E-state index contributed by atoms with van der Waals surface area (Å²) in [7, 11) is -3.51. The number of carbonyl (C=O) groups is 1. The molecule has 3 rings (SSSR count). The summed E-state index contributed by atoms with van der Waals surface area (Å²) in [5, 5.41) is 11.8. The van der Waals surface area contributed by atoms with Crippen molar-refractivity contribution in [1.82, 2.24) is 0 Å². The summed E-state index contributed by atoms with van der Waals surface area (Å²) in [5.41, 5.74) is 0.0553. The van der Waals surface area contributed by atoms with Gasteiger partial charge in [0.15, 0.2) is 0 Å². The largest absolute Gasteiger partial charge is 0.481 e. The third kappa shape index (κ3) is 6.10. The SMILES string of the molecule is O=C(O)C(CC1CCCCC1)CP(=O)(O)CSc1ccc2ccccc2c1. The van der Waals surface area contributed by atoms with Crippen molar-refractivity contribution >= 4 is 35.9 Å². The highest BCUT2D eigenvalue weighted by Crippen LogP contribution is 2.49. The lowest BCUT2D eigenvalue weighted by Gasteiger charge is -2.25. The molecule has 2 N–H and O–H groups in total. The van der Waals surface area contributed by atoms with Crippen LogP contribution in [0.25, 0.3) is 10.8 Å². The van der Waals surface area contributed by atoms with Crippen LogP contribution < -0.4 is 0 Å². The standard InChI is InChI=1S/C21H27O4PS/c22-21(23)19(12-16-6-2-1-3-7-16)14-26(24,25)15-27-20-11-10-17-8-4-5-9-18(17)13-20/h4-5,8-11,13,16,19H,1-3,6-7,12,14-15H2,(H,22,23)(H,24,25). The van der Waals surface area contributed by atoms with Gasteiger partial charge in [0.05, 0.1) is 11.4 Å². The van der Waals surface area contributed by atoms with E-state index in [1.165, 1.54) is 18.2 Å². The maximum absolute atomic E-state index is 12.7. The van der Waals surface area contributed by atoms with E-state index < -0.39 is 19.3 Å². The number of benzene rings is 2. The minimum atomic E-state index is -3.51. The number of carboxylic acid groups (broad SMARTS) is 1. The Morgan fingerprint density at radius 3 is 2.52 bits per heavy atom. The molecule has 1 saturated carbocycles. The van der Waals surface area contributed by atoms with Crippen LogP contribution in [0.4, 0.5) is 0 Å². The zero-order chi connectivity index (χ0) is 19.3. The van der Waals surface area contributed by atoms with Gasteiger partial charge in [0.25, 0.3) is 0 Å². The Kier molecular flexibility index (Phi) is 7.02. The van der Waals surface area contributed by atoms with E-state index in [-0.39, 0.29) is 11.7 Å². The molecule has 2 aromatic rings. The Morgan fingerprint density at radius 1 is 1.11 bits per heavy atom. The fraction of sp³-hybridized carbons (Fsp3) is 0.476. The van der Waals surface area contributed by atoms with Crippen molar-refractivity contribution in [2.45, 2.75) is 43.4 Å². The minimum absolute atomic E-state index is 0.0553. The third-order valence-corrected chi connectivity index (χ3v) is 9.08. The molecule has 0 spiro atoms. The van der Waals surface area contributed by atoms with Crippen molar-refractivity contribution in [1.29, 1.82) is 0 Å². The summed E-state index contributed by atoms with van der Waals surface area (Å²) >= 11 is 1.34. The lowest BCUT2D eigenvalue weighted by Crippen LogP contribution is -2.23. The molecule has 1 aliphatic rings. The molecule has 2 unspecified atom stereocenters. The lowest BCUT2D eigenvalue weighted by atomic mass is 9.83. The third-order valence-electron chi connectivity index (χ3n) is 5.35. The topological polar surface area (TPSA) is 74.6 Å². The molecule has 0 aromatic heterocycles. The van der Waals surface area contributed by atoms with E-state index >= 15 is 0 Å². The molecule has 0 amide bonds. The predicted molar refractivity (Wildman–Crippen MR) is 112 cm³/mol. The molecule has 1 fully saturated rings. The van der Waals surface area contributed by atoms with E-state index in [0.29, 0.717) is 12.3 Å². The molecule has 4 nitrogen and oxygen atoms in total. The highest BCUT2D eigenvalue weighted by atomic mass is 32.2. The normalized spacial score (nSPS) is 18.9. The number of fused-ring (bicyclic) bond motifs is 1. The molecule has 0 heterocycles. The zero-order valence-corrected chi connectivity index (χ0v) is 17.1. The summed E-state index contributed by atoms with van der Waals surface area (Å²) < 4.78 is 12.7. The van der Waals surface area contributed by atoms with Gasteiger partial charge >= 0.3 is 5.97 Å². The summed E-state index contributed by atoms with van der Waals surface area (Å²) in [6, 6.07) is 14.0. The first-order valence-corrected chi connectivity index (χ1v) is 12.6. The van der Waals surface area contributed by atoms with Crippen LogP contribution in [0.2, 0.25) is 0 Å². The maximum atomic E-state index is 12.7. The summed E-state index contributed by atoms with van der Waals surface area (Å²) in [5.74, 6) is -1.28. The van der Waals surface area contributed by atoms with Crippen LogP contribution in [-0.4, -0.2) is 27.6 Å². The van der Waals surface area contributed by atoms with E-state index in [1.807, 2.05) is 42.5 Å². The first-order valence-electron chi connectivity index (χ1n) is 9.58. The fourth-order valence-corrected chi connectivity index (χ4v) is 7.10. The van der Waals surface area contributed by atoms with Crippen molar-refractivity contribution in [3.8, 4) is 0 Å². The Labute approximate surface area is 164 Å². The van der Waals surface area contributed by atoms with Crippen molar-refractivity contribution in [2.24, 2.45) is 11.8 Å². The molecular weight excluding hydrogens is 379 g/mol. The average Bonchev–Trinajstić information content (AvgIpc) is 2.66. The average molecular weight is 406 g/mol. The first kappa shape index (κ1) is 20.4. The van der Waals surface area contributed by atoms with Gasteiger partial charge in [0, 0.05) is 11.1 Å². The summed E-state index contributed by atoms with van der Waals surface area (Å²) in [6.07, 6.45) is 6.00. The van der Waals surface area contributed by atoms with Crippen LogP contribution in [0.1, 0.15) is 38.5 Å². The number of thioether (sulfide) groups is 1. The van der Waals surface area contributed by atoms with E-state index in [4.69, 9.17) is 0 Å². The Hall–Kier alpha value is -1.29. The molecule has 6 heteroatoms. The van der Waals surface area contributed by atoms with Gasteiger partial charge in [-0.3, -0.25) is 9.36 Å². The molecular formula is C21H27O4PS. The van der Waals surface area contributed by atoms with E-state index in [2.05, 4.69) is 0 Å². The van der Waals surface area contributed by atoms with Gasteiger partial charge < -0.3 is 10.00 Å². The Bertz CT molecular complexity index is 832. The highest BCUT2D eigenvalue weighted by Gasteiger charge is 2.31. The van der Waals surface area contributed by atoms with Crippen LogP contribution in [-0.2, 0) is 9.36 Å². The van der Waals surface area contributed by atoms with Gasteiger partial charge in [0.2, 0.25) is 7.37 Å². The van der Waals surface area contributed by atoms with Gasteiger partial charge in [-0.15, -0.1) is 11.8 Å². The number of aliphatic carboxylic acids is 1. The second kappa shape index (κ2) is 9.27. The molecule has 0 radical (unpaired) electrons. The molecule has 146 valence electrons. The first-order chi connectivity index (χ1) is 12.9. The van der Waals surface area contributed by atoms with Gasteiger partial charge in [-0.2, -0.15) is 0 Å². The van der Waals surface area contributed by atoms with E-state index in [0.717, 1.165) is 41.4 Å². The second-order valence-corrected chi connectivity index (χ2v) is 11.4. The van der Waals surface area contributed by atoms with Crippen molar-refractivity contribution in [3.63, 3.8) is 0 Å². The highest BCUT2D eigenvalue weighted by molar-refractivity contribution is 8.05. The number of carboxylic acids is 1. The van der Waals surface area contributed by atoms with Crippen LogP contribution in [0, 0.1) is 11.8 Å². The van der Waals surface area contributed by atoms with Crippen LogP contribution in [0.15, 0.2) is 47.4 Å². The maximum Gasteiger partial charge on any atom is 0.307 e. The summed E-state index contributed by atoms with van der Waals surface area (Å²) in [6.45, 7) is 0. The molecule has 0 bridgehead atoms. The molecule has 0 aliphatic heterocycles. The van der Waals surface area contributed by atoms with E-state index in [1.54, 1.807) is 0 Å². The van der Waals surface area contributed by atoms with Crippen molar-refractivity contribution in [3.05, 3.63) is 42.5 Å². The fourth-order valence-electron chi connectivity index (χ4n) is 3.91. The van der Waals surface area contributed by atoms with Gasteiger partial charge in [-0.05, 0) is 35.2 Å². The van der Waals surface area contributed by atoms with Crippen molar-refractivity contribution in [2.75, 3.05) is 11.7 Å². The smallest absolute Gasteiger partial charge is 0.307 e. The quantitative estimate of drug-likeness (QED) is 0.426. The lowest BCUT2D eigenvalue weighted by molar-refractivity contribution is -0.141. The monoisotopic (exact) mass is 406 g/mol. The zero-order valence-electron chi connectivity index (χ0n) is 15.4. The van der Waals surface area contributed by atoms with Gasteiger partial charge in [-0.25, -0.2) is 0 Å². The number of hydrogen-bond donors (Lipinski definition) is 2. The van der Waals surface area contributed by atoms with Gasteiger partial charge in [-0.1, -0.05) is 62.4 Å². The molecule has 2 atom stereocenters. The molecule has 0 saturated heterocycles. The van der Waals surface area contributed by atoms with E-state index in [9.17, 15) is 19.4 Å². The van der Waals surface area contributed by atoms with Crippen LogP contribution in [0.5, 0.6) is 0 Å². The van der Waals surface area contributed by atoms with Crippen molar-refractivity contribution < 1.29 is 19.4 Å². The predicted octanol–water partition coefficient (Wildman–Crippen LogP) is 5.83. The Balaban J connectivity index is 1.59. The minimum Gasteiger partial charge on any atom is -0.481 e. The number of rotatable bonds is 8. The van der Waals surface area contributed by atoms with Crippen LogP contribution in [0.3, 0.4) is 0 Å².